The summed E-state index contributed by atoms with van der Waals surface area (Å²) in [5.74, 6) is 1.30. The number of hydrogen-bond donors (Lipinski definition) is 1. The number of carbonyl (C=O) groups is 2. The van der Waals surface area contributed by atoms with Gasteiger partial charge in [-0.2, -0.15) is 0 Å². The maximum absolute atomic E-state index is 13.6. The molecular weight excluding hydrogens is 537 g/mol. The standard InChI is InChI=1S/C30H23Cl2N3O4/c31-22-2-1-3-23(32)25(22)26-20(27(39-34-26)16-4-5-16)15-38-19-10-11-24-21(14-19)30(12-13-30)29(37)35(24)18-8-6-17(7-9-18)28(33)36/h1-3,6-11,14,16H,4-5,12-13,15H2,(H2,33,36). The second-order valence-corrected chi connectivity index (χ2v) is 11.2. The van der Waals surface area contributed by atoms with E-state index in [2.05, 4.69) is 5.16 Å². The van der Waals surface area contributed by atoms with Gasteiger partial charge in [0.2, 0.25) is 11.8 Å². The third kappa shape index (κ3) is 3.91. The zero-order valence-corrected chi connectivity index (χ0v) is 22.3. The molecule has 2 amide bonds. The molecule has 0 atom stereocenters. The van der Waals surface area contributed by atoms with Gasteiger partial charge in [-0.25, -0.2) is 0 Å². The minimum atomic E-state index is -0.538. The average molecular weight is 560 g/mol. The second kappa shape index (κ2) is 8.86. The molecule has 2 heterocycles. The van der Waals surface area contributed by atoms with E-state index in [-0.39, 0.29) is 12.5 Å². The average Bonchev–Trinajstić information content (AvgIpc) is 3.85. The molecule has 3 aliphatic rings. The highest BCUT2D eigenvalue weighted by atomic mass is 35.5. The minimum absolute atomic E-state index is 0.0344. The maximum atomic E-state index is 13.6. The van der Waals surface area contributed by atoms with E-state index >= 15 is 0 Å². The highest BCUT2D eigenvalue weighted by Gasteiger charge is 2.59. The van der Waals surface area contributed by atoms with Crippen LogP contribution in [0.4, 0.5) is 11.4 Å². The fourth-order valence-electron chi connectivity index (χ4n) is 5.46. The van der Waals surface area contributed by atoms with Gasteiger partial charge in [0.05, 0.1) is 26.7 Å². The number of nitrogens with two attached hydrogens (primary N) is 1. The summed E-state index contributed by atoms with van der Waals surface area (Å²) in [6, 6.07) is 17.9. The lowest BCUT2D eigenvalue weighted by molar-refractivity contribution is -0.119. The topological polar surface area (TPSA) is 98.7 Å². The van der Waals surface area contributed by atoms with Crippen LogP contribution in [-0.4, -0.2) is 17.0 Å². The Morgan fingerprint density at radius 3 is 2.44 bits per heavy atom. The molecule has 1 spiro atoms. The van der Waals surface area contributed by atoms with Gasteiger partial charge < -0.3 is 15.0 Å². The van der Waals surface area contributed by atoms with Crippen molar-refractivity contribution in [2.75, 3.05) is 4.90 Å². The van der Waals surface area contributed by atoms with Crippen LogP contribution in [0.1, 0.15) is 58.8 Å². The van der Waals surface area contributed by atoms with Crippen LogP contribution in [0.25, 0.3) is 11.3 Å². The van der Waals surface area contributed by atoms with Crippen LogP contribution in [0.15, 0.2) is 65.2 Å². The molecule has 2 N–H and O–H groups in total. The Labute approximate surface area is 234 Å². The van der Waals surface area contributed by atoms with E-state index in [4.69, 9.17) is 38.2 Å². The zero-order chi connectivity index (χ0) is 26.9. The summed E-state index contributed by atoms with van der Waals surface area (Å²) in [5.41, 5.74) is 9.77. The summed E-state index contributed by atoms with van der Waals surface area (Å²) in [5, 5.41) is 5.33. The Balaban J connectivity index is 1.21. The van der Waals surface area contributed by atoms with E-state index in [1.54, 1.807) is 47.4 Å². The number of carbonyl (C=O) groups excluding carboxylic acids is 2. The van der Waals surface area contributed by atoms with Crippen LogP contribution < -0.4 is 15.4 Å². The van der Waals surface area contributed by atoms with Crippen LogP contribution in [0.2, 0.25) is 10.0 Å². The van der Waals surface area contributed by atoms with Gasteiger partial charge in [0.25, 0.3) is 0 Å². The van der Waals surface area contributed by atoms with E-state index in [9.17, 15) is 9.59 Å². The lowest BCUT2D eigenvalue weighted by Crippen LogP contribution is -2.27. The van der Waals surface area contributed by atoms with E-state index in [0.29, 0.717) is 44.2 Å². The van der Waals surface area contributed by atoms with Crippen LogP contribution in [0.5, 0.6) is 5.75 Å². The van der Waals surface area contributed by atoms with Crippen molar-refractivity contribution in [3.8, 4) is 17.0 Å². The molecule has 0 bridgehead atoms. The van der Waals surface area contributed by atoms with Crippen LogP contribution >= 0.6 is 23.2 Å². The van der Waals surface area contributed by atoms with Crippen molar-refractivity contribution < 1.29 is 18.8 Å². The summed E-state index contributed by atoms with van der Waals surface area (Å²) >= 11 is 13.0. The molecule has 196 valence electrons. The first kappa shape index (κ1) is 24.2. The third-order valence-electron chi connectivity index (χ3n) is 7.85. The maximum Gasteiger partial charge on any atom is 0.248 e. The van der Waals surface area contributed by atoms with Crippen molar-refractivity contribution in [1.29, 1.82) is 0 Å². The molecule has 9 heteroatoms. The largest absolute Gasteiger partial charge is 0.489 e. The van der Waals surface area contributed by atoms with Crippen molar-refractivity contribution >= 4 is 46.4 Å². The number of benzene rings is 3. The van der Waals surface area contributed by atoms with Crippen molar-refractivity contribution in [2.24, 2.45) is 5.73 Å². The number of hydrogen-bond acceptors (Lipinski definition) is 5. The minimum Gasteiger partial charge on any atom is -0.489 e. The molecule has 3 aromatic carbocycles. The first-order chi connectivity index (χ1) is 18.9. The van der Waals surface area contributed by atoms with Crippen molar-refractivity contribution in [3.05, 3.63) is 93.2 Å². The molecule has 0 saturated heterocycles. The van der Waals surface area contributed by atoms with Crippen molar-refractivity contribution in [2.45, 2.75) is 43.6 Å². The summed E-state index contributed by atoms with van der Waals surface area (Å²) in [4.78, 5) is 26.8. The third-order valence-corrected chi connectivity index (χ3v) is 8.48. The van der Waals surface area contributed by atoms with E-state index in [1.165, 1.54) is 0 Å². The second-order valence-electron chi connectivity index (χ2n) is 10.3. The van der Waals surface area contributed by atoms with Gasteiger partial charge in [-0.15, -0.1) is 0 Å². The Morgan fingerprint density at radius 1 is 1.08 bits per heavy atom. The number of rotatable bonds is 7. The first-order valence-corrected chi connectivity index (χ1v) is 13.6. The molecule has 1 aromatic heterocycles. The predicted octanol–water partition coefficient (Wildman–Crippen LogP) is 6.91. The van der Waals surface area contributed by atoms with Gasteiger partial charge in [-0.3, -0.25) is 14.5 Å². The normalized spacial score (nSPS) is 17.0. The highest BCUT2D eigenvalue weighted by molar-refractivity contribution is 6.39. The fourth-order valence-corrected chi connectivity index (χ4v) is 6.04. The molecule has 2 aliphatic carbocycles. The van der Waals surface area contributed by atoms with Crippen LogP contribution in [0.3, 0.4) is 0 Å². The summed E-state index contributed by atoms with van der Waals surface area (Å²) < 4.78 is 12.1. The number of amides is 2. The predicted molar refractivity (Wildman–Crippen MR) is 148 cm³/mol. The summed E-state index contributed by atoms with van der Waals surface area (Å²) in [6.45, 7) is 0.226. The lowest BCUT2D eigenvalue weighted by Gasteiger charge is -2.18. The fraction of sp³-hybridized carbons (Fsp3) is 0.233. The highest BCUT2D eigenvalue weighted by Crippen LogP contribution is 2.59. The quantitative estimate of drug-likeness (QED) is 0.265. The monoisotopic (exact) mass is 559 g/mol. The summed E-state index contributed by atoms with van der Waals surface area (Å²) in [6.07, 6.45) is 3.64. The van der Waals surface area contributed by atoms with Crippen molar-refractivity contribution in [3.63, 3.8) is 0 Å². The molecule has 4 aromatic rings. The van der Waals surface area contributed by atoms with Gasteiger partial charge in [0, 0.05) is 22.7 Å². The lowest BCUT2D eigenvalue weighted by atomic mass is 9.98. The van der Waals surface area contributed by atoms with E-state index in [0.717, 1.165) is 48.3 Å². The van der Waals surface area contributed by atoms with E-state index < -0.39 is 11.3 Å². The SMILES string of the molecule is NC(=O)c1ccc(N2C(=O)C3(CC3)c3cc(OCc4c(-c5c(Cl)cccc5Cl)noc4C4CC4)ccc32)cc1. The number of anilines is 2. The molecule has 2 saturated carbocycles. The number of nitrogens with zero attached hydrogens (tertiary/aromatic N) is 2. The van der Waals surface area contributed by atoms with E-state index in [1.807, 2.05) is 18.2 Å². The van der Waals surface area contributed by atoms with Gasteiger partial charge in [-0.1, -0.05) is 34.4 Å². The van der Waals surface area contributed by atoms with Crippen LogP contribution in [0, 0.1) is 0 Å². The van der Waals surface area contributed by atoms with Gasteiger partial charge >= 0.3 is 0 Å². The summed E-state index contributed by atoms with van der Waals surface area (Å²) in [7, 11) is 0. The van der Waals surface area contributed by atoms with Gasteiger partial charge in [0.1, 0.15) is 23.8 Å². The zero-order valence-electron chi connectivity index (χ0n) is 20.7. The molecule has 7 rings (SSSR count). The number of ether oxygens (including phenoxy) is 1. The van der Waals surface area contributed by atoms with Gasteiger partial charge in [-0.05, 0) is 85.8 Å². The number of halogens is 2. The Morgan fingerprint density at radius 2 is 1.79 bits per heavy atom. The number of primary amides is 1. The number of aromatic nitrogens is 1. The van der Waals surface area contributed by atoms with Crippen molar-refractivity contribution in [1.82, 2.24) is 5.16 Å². The van der Waals surface area contributed by atoms with Crippen LogP contribution in [-0.2, 0) is 16.8 Å². The number of fused-ring (bicyclic) bond motifs is 2. The Hall–Kier alpha value is -3.81. The van der Waals surface area contributed by atoms with Gasteiger partial charge in [0.15, 0.2) is 0 Å². The Bertz CT molecular complexity index is 1640. The molecular formula is C30H23Cl2N3O4. The molecule has 2 fully saturated rings. The first-order valence-electron chi connectivity index (χ1n) is 12.8. The Kier molecular flexibility index (Phi) is 5.51. The smallest absolute Gasteiger partial charge is 0.248 e. The molecule has 0 radical (unpaired) electrons. The molecule has 39 heavy (non-hydrogen) atoms. The molecule has 7 nitrogen and oxygen atoms in total. The molecule has 0 unspecified atom stereocenters. The molecule has 1 aliphatic heterocycles.